The predicted octanol–water partition coefficient (Wildman–Crippen LogP) is 2.64. The van der Waals surface area contributed by atoms with Crippen LogP contribution in [0.5, 0.6) is 0 Å². The Morgan fingerprint density at radius 1 is 1.28 bits per heavy atom. The fourth-order valence-corrected chi connectivity index (χ4v) is 4.62. The Morgan fingerprint density at radius 3 is 2.92 bits per heavy atom. The second-order valence-corrected chi connectivity index (χ2v) is 7.55. The zero-order valence-corrected chi connectivity index (χ0v) is 15.0. The lowest BCUT2D eigenvalue weighted by Crippen LogP contribution is -2.45. The summed E-state index contributed by atoms with van der Waals surface area (Å²) in [6, 6.07) is 4.18. The van der Waals surface area contributed by atoms with Crippen molar-refractivity contribution in [2.24, 2.45) is 4.99 Å². The molecule has 5 rings (SSSR count). The van der Waals surface area contributed by atoms with Crippen molar-refractivity contribution in [2.45, 2.75) is 44.1 Å². The molecular formula is C18H21ClN6. The van der Waals surface area contributed by atoms with Crippen LogP contribution < -0.4 is 10.6 Å². The number of nitrogens with one attached hydrogen (secondary N) is 2. The summed E-state index contributed by atoms with van der Waals surface area (Å²) in [6.07, 6.45) is 5.55. The summed E-state index contributed by atoms with van der Waals surface area (Å²) in [7, 11) is 1.96. The maximum Gasteiger partial charge on any atom is 0.113 e. The minimum absolute atomic E-state index is 0.0510. The van der Waals surface area contributed by atoms with Gasteiger partial charge < -0.3 is 10.6 Å². The van der Waals surface area contributed by atoms with Crippen molar-refractivity contribution in [1.82, 2.24) is 25.6 Å². The lowest BCUT2D eigenvalue weighted by Gasteiger charge is -2.40. The van der Waals surface area contributed by atoms with Gasteiger partial charge in [-0.2, -0.15) is 0 Å². The van der Waals surface area contributed by atoms with E-state index in [9.17, 15) is 0 Å². The van der Waals surface area contributed by atoms with Crippen molar-refractivity contribution >= 4 is 23.1 Å². The highest BCUT2D eigenvalue weighted by Gasteiger charge is 2.48. The van der Waals surface area contributed by atoms with Gasteiger partial charge in [0.1, 0.15) is 11.5 Å². The number of halogens is 1. The molecule has 7 heteroatoms. The number of hydrogen-bond donors (Lipinski definition) is 2. The smallest absolute Gasteiger partial charge is 0.113 e. The molecule has 0 radical (unpaired) electrons. The highest BCUT2D eigenvalue weighted by Crippen LogP contribution is 2.53. The average molecular weight is 357 g/mol. The van der Waals surface area contributed by atoms with Crippen molar-refractivity contribution in [3.8, 4) is 5.69 Å². The van der Waals surface area contributed by atoms with Crippen LogP contribution in [0.15, 0.2) is 17.1 Å². The summed E-state index contributed by atoms with van der Waals surface area (Å²) in [5.41, 5.74) is 5.37. The van der Waals surface area contributed by atoms with Gasteiger partial charge in [0.2, 0.25) is 0 Å². The van der Waals surface area contributed by atoms with Crippen molar-refractivity contribution in [3.63, 3.8) is 0 Å². The summed E-state index contributed by atoms with van der Waals surface area (Å²) in [5.74, 6) is 1.07. The second-order valence-electron chi connectivity index (χ2n) is 7.14. The molecule has 1 aromatic carbocycles. The summed E-state index contributed by atoms with van der Waals surface area (Å²) in [6.45, 7) is 1.77. The van der Waals surface area contributed by atoms with E-state index < -0.39 is 0 Å². The van der Waals surface area contributed by atoms with Crippen LogP contribution in [0.4, 0.5) is 5.69 Å². The van der Waals surface area contributed by atoms with Crippen molar-refractivity contribution in [2.75, 3.05) is 13.6 Å². The lowest BCUT2D eigenvalue weighted by molar-refractivity contribution is 0.341. The first-order chi connectivity index (χ1) is 12.2. The van der Waals surface area contributed by atoms with Crippen molar-refractivity contribution in [3.05, 3.63) is 34.1 Å². The standard InChI is InChI=1S/C18H21ClN6/c1-20-17-18(5-3-6-18)11-8-12(19)16(9-13(11)22-17)25-15-4-2-7-21-10-14(15)23-24-25/h8-9,21H,2-7,10H2,1H3,(H,20,22). The van der Waals surface area contributed by atoms with E-state index in [0.717, 1.165) is 72.4 Å². The van der Waals surface area contributed by atoms with E-state index >= 15 is 0 Å². The Bertz CT molecular complexity index is 880. The maximum atomic E-state index is 6.71. The molecular weight excluding hydrogens is 336 g/mol. The third-order valence-corrected chi connectivity index (χ3v) is 6.14. The van der Waals surface area contributed by atoms with Crippen molar-refractivity contribution in [1.29, 1.82) is 0 Å². The van der Waals surface area contributed by atoms with Crippen LogP contribution in [0.2, 0.25) is 5.02 Å². The molecule has 3 aliphatic rings. The highest BCUT2D eigenvalue weighted by molar-refractivity contribution is 6.32. The Labute approximate surface area is 151 Å². The number of hydrogen-bond acceptors (Lipinski definition) is 5. The average Bonchev–Trinajstić information content (AvgIpc) is 3.03. The SMILES string of the molecule is CNC1=Nc2cc(-n3nnc4c3CCCNC4)c(Cl)cc2C12CCC2. The van der Waals surface area contributed by atoms with Gasteiger partial charge >= 0.3 is 0 Å². The number of rotatable bonds is 1. The molecule has 2 aliphatic heterocycles. The van der Waals surface area contributed by atoms with Crippen LogP contribution >= 0.6 is 11.6 Å². The fraction of sp³-hybridized carbons (Fsp3) is 0.500. The third-order valence-electron chi connectivity index (χ3n) is 5.84. The zero-order chi connectivity index (χ0) is 17.0. The molecule has 0 unspecified atom stereocenters. The van der Waals surface area contributed by atoms with E-state index in [1.807, 2.05) is 11.7 Å². The topological polar surface area (TPSA) is 67.1 Å². The molecule has 0 atom stereocenters. The van der Waals surface area contributed by atoms with Crippen LogP contribution in [0, 0.1) is 0 Å². The van der Waals surface area contributed by atoms with Gasteiger partial charge in [0.15, 0.2) is 0 Å². The van der Waals surface area contributed by atoms with Crippen LogP contribution in [0.25, 0.3) is 5.69 Å². The van der Waals surface area contributed by atoms with Gasteiger partial charge in [-0.3, -0.25) is 0 Å². The van der Waals surface area contributed by atoms with Gasteiger partial charge in [0, 0.05) is 13.6 Å². The Morgan fingerprint density at radius 2 is 2.16 bits per heavy atom. The van der Waals surface area contributed by atoms with E-state index in [1.54, 1.807) is 0 Å². The quantitative estimate of drug-likeness (QED) is 0.824. The molecule has 1 aromatic heterocycles. The second kappa shape index (κ2) is 5.54. The van der Waals surface area contributed by atoms with E-state index in [-0.39, 0.29) is 5.41 Å². The largest absolute Gasteiger partial charge is 0.376 e. The molecule has 1 fully saturated rings. The van der Waals surface area contributed by atoms with E-state index in [2.05, 4.69) is 33.1 Å². The Hall–Kier alpha value is -1.92. The Kier molecular flexibility index (Phi) is 3.40. The number of nitrogens with zero attached hydrogens (tertiary/aromatic N) is 4. The van der Waals surface area contributed by atoms with Gasteiger partial charge in [0.25, 0.3) is 0 Å². The summed E-state index contributed by atoms with van der Waals surface area (Å²) in [5, 5.41) is 16.2. The van der Waals surface area contributed by atoms with Gasteiger partial charge in [-0.1, -0.05) is 23.2 Å². The molecule has 6 nitrogen and oxygen atoms in total. The molecule has 3 heterocycles. The monoisotopic (exact) mass is 356 g/mol. The number of benzene rings is 1. The number of aromatic nitrogens is 3. The van der Waals surface area contributed by atoms with Crippen LogP contribution in [-0.2, 0) is 18.4 Å². The third kappa shape index (κ3) is 2.10. The van der Waals surface area contributed by atoms with E-state index in [0.29, 0.717) is 0 Å². The summed E-state index contributed by atoms with van der Waals surface area (Å²) < 4.78 is 1.91. The molecule has 130 valence electrons. The van der Waals surface area contributed by atoms with E-state index in [4.69, 9.17) is 16.6 Å². The molecule has 1 aliphatic carbocycles. The minimum Gasteiger partial charge on any atom is -0.376 e. The van der Waals surface area contributed by atoms with Crippen LogP contribution in [0.3, 0.4) is 0 Å². The van der Waals surface area contributed by atoms with Crippen molar-refractivity contribution < 1.29 is 0 Å². The molecule has 0 saturated heterocycles. The Balaban J connectivity index is 1.64. The number of likely N-dealkylation sites (N-methyl/N-ethyl adjacent to an activating group) is 1. The maximum absolute atomic E-state index is 6.71. The summed E-state index contributed by atoms with van der Waals surface area (Å²) in [4.78, 5) is 4.86. The van der Waals surface area contributed by atoms with E-state index in [1.165, 1.54) is 12.0 Å². The number of fused-ring (bicyclic) bond motifs is 3. The predicted molar refractivity (Wildman–Crippen MR) is 98.1 cm³/mol. The van der Waals surface area contributed by atoms with Gasteiger partial charge in [0.05, 0.1) is 27.5 Å². The highest BCUT2D eigenvalue weighted by atomic mass is 35.5. The molecule has 25 heavy (non-hydrogen) atoms. The first-order valence-electron chi connectivity index (χ1n) is 8.98. The van der Waals surface area contributed by atoms with Gasteiger partial charge in [-0.25, -0.2) is 9.67 Å². The molecule has 0 amide bonds. The molecule has 0 bridgehead atoms. The number of amidine groups is 1. The minimum atomic E-state index is 0.0510. The normalized spacial score (nSPS) is 20.5. The molecule has 2 aromatic rings. The van der Waals surface area contributed by atoms with Gasteiger partial charge in [-0.15, -0.1) is 5.10 Å². The first kappa shape index (κ1) is 15.3. The molecule has 2 N–H and O–H groups in total. The van der Waals surface area contributed by atoms with Gasteiger partial charge in [-0.05, 0) is 49.9 Å². The summed E-state index contributed by atoms with van der Waals surface area (Å²) >= 11 is 6.71. The van der Waals surface area contributed by atoms with Crippen LogP contribution in [0.1, 0.15) is 42.6 Å². The zero-order valence-electron chi connectivity index (χ0n) is 14.3. The molecule has 1 spiro atoms. The molecule has 1 saturated carbocycles. The fourth-order valence-electron chi connectivity index (χ4n) is 4.38. The lowest BCUT2D eigenvalue weighted by atomic mass is 9.64. The number of aliphatic imine (C=N–C) groups is 1. The van der Waals surface area contributed by atoms with Crippen LogP contribution in [-0.4, -0.2) is 34.4 Å². The first-order valence-corrected chi connectivity index (χ1v) is 9.36.